The molecule has 11 heavy (non-hydrogen) atoms. The summed E-state index contributed by atoms with van der Waals surface area (Å²) in [6.07, 6.45) is 3.80. The molecule has 1 aliphatic carbocycles. The maximum Gasteiger partial charge on any atom is 0.0618 e. The lowest BCUT2D eigenvalue weighted by molar-refractivity contribution is 0.158. The SMILES string of the molecule is C=C1CCC(O)CC1=CCO. The smallest absolute Gasteiger partial charge is 0.0618 e. The number of hydrogen-bond donors (Lipinski definition) is 2. The quantitative estimate of drug-likeness (QED) is 0.591. The van der Waals surface area contributed by atoms with Crippen molar-refractivity contribution in [2.45, 2.75) is 25.4 Å². The Morgan fingerprint density at radius 1 is 1.64 bits per heavy atom. The summed E-state index contributed by atoms with van der Waals surface area (Å²) in [7, 11) is 0. The number of aliphatic hydroxyl groups excluding tert-OH is 2. The minimum Gasteiger partial charge on any atom is -0.393 e. The Labute approximate surface area is 66.9 Å². The van der Waals surface area contributed by atoms with E-state index in [1.807, 2.05) is 0 Å². The molecular formula is C9H14O2. The van der Waals surface area contributed by atoms with Gasteiger partial charge in [-0.15, -0.1) is 0 Å². The van der Waals surface area contributed by atoms with Crippen LogP contribution in [0.2, 0.25) is 0 Å². The van der Waals surface area contributed by atoms with Gasteiger partial charge in [0.2, 0.25) is 0 Å². The van der Waals surface area contributed by atoms with Crippen LogP contribution in [-0.4, -0.2) is 22.9 Å². The van der Waals surface area contributed by atoms with Crippen LogP contribution in [0.15, 0.2) is 23.8 Å². The third kappa shape index (κ3) is 2.17. The predicted molar refractivity (Wildman–Crippen MR) is 44.2 cm³/mol. The molecule has 2 heteroatoms. The fourth-order valence-electron chi connectivity index (χ4n) is 1.34. The number of aliphatic hydroxyl groups is 2. The Morgan fingerprint density at radius 2 is 2.36 bits per heavy atom. The van der Waals surface area contributed by atoms with E-state index in [1.54, 1.807) is 6.08 Å². The standard InChI is InChI=1S/C9H14O2/c1-7-2-3-9(11)6-8(7)4-5-10/h4,9-11H,1-3,5-6H2. The van der Waals surface area contributed by atoms with E-state index in [1.165, 1.54) is 0 Å². The molecular weight excluding hydrogens is 140 g/mol. The summed E-state index contributed by atoms with van der Waals surface area (Å²) in [5.41, 5.74) is 2.08. The summed E-state index contributed by atoms with van der Waals surface area (Å²) in [5, 5.41) is 17.9. The molecule has 62 valence electrons. The molecule has 1 unspecified atom stereocenters. The largest absolute Gasteiger partial charge is 0.393 e. The molecule has 1 rings (SSSR count). The molecule has 1 saturated carbocycles. The van der Waals surface area contributed by atoms with Crippen molar-refractivity contribution in [3.63, 3.8) is 0 Å². The molecule has 1 aliphatic rings. The maximum absolute atomic E-state index is 9.26. The molecule has 0 amide bonds. The van der Waals surface area contributed by atoms with Crippen molar-refractivity contribution in [1.29, 1.82) is 0 Å². The lowest BCUT2D eigenvalue weighted by atomic mass is 9.88. The molecule has 0 bridgehead atoms. The molecule has 0 aliphatic heterocycles. The van der Waals surface area contributed by atoms with Gasteiger partial charge in [0.1, 0.15) is 0 Å². The first-order valence-corrected chi connectivity index (χ1v) is 3.90. The summed E-state index contributed by atoms with van der Waals surface area (Å²) in [4.78, 5) is 0. The van der Waals surface area contributed by atoms with Crippen LogP contribution >= 0.6 is 0 Å². The minimum atomic E-state index is -0.238. The zero-order valence-corrected chi connectivity index (χ0v) is 6.58. The zero-order valence-electron chi connectivity index (χ0n) is 6.58. The normalized spacial score (nSPS) is 29.5. The fraction of sp³-hybridized carbons (Fsp3) is 0.556. The van der Waals surface area contributed by atoms with E-state index in [-0.39, 0.29) is 12.7 Å². The molecule has 0 heterocycles. The third-order valence-electron chi connectivity index (χ3n) is 2.03. The van der Waals surface area contributed by atoms with E-state index in [9.17, 15) is 5.11 Å². The molecule has 1 atom stereocenters. The van der Waals surface area contributed by atoms with E-state index in [0.29, 0.717) is 6.42 Å². The van der Waals surface area contributed by atoms with Gasteiger partial charge in [0, 0.05) is 0 Å². The average molecular weight is 154 g/mol. The van der Waals surface area contributed by atoms with E-state index in [2.05, 4.69) is 6.58 Å². The van der Waals surface area contributed by atoms with Gasteiger partial charge in [0.25, 0.3) is 0 Å². The highest BCUT2D eigenvalue weighted by Crippen LogP contribution is 2.27. The van der Waals surface area contributed by atoms with Gasteiger partial charge in [-0.2, -0.15) is 0 Å². The lowest BCUT2D eigenvalue weighted by Crippen LogP contribution is -2.14. The van der Waals surface area contributed by atoms with Gasteiger partial charge < -0.3 is 10.2 Å². The highest BCUT2D eigenvalue weighted by molar-refractivity contribution is 5.31. The van der Waals surface area contributed by atoms with Crippen molar-refractivity contribution in [3.05, 3.63) is 23.8 Å². The fourth-order valence-corrected chi connectivity index (χ4v) is 1.34. The van der Waals surface area contributed by atoms with Crippen LogP contribution in [0.1, 0.15) is 19.3 Å². The third-order valence-corrected chi connectivity index (χ3v) is 2.03. The van der Waals surface area contributed by atoms with Crippen molar-refractivity contribution >= 4 is 0 Å². The zero-order chi connectivity index (χ0) is 8.27. The van der Waals surface area contributed by atoms with Crippen molar-refractivity contribution in [2.24, 2.45) is 0 Å². The molecule has 0 aromatic rings. The molecule has 0 aromatic heterocycles. The Balaban J connectivity index is 2.61. The number of allylic oxidation sites excluding steroid dienone is 1. The highest BCUT2D eigenvalue weighted by atomic mass is 16.3. The number of rotatable bonds is 1. The highest BCUT2D eigenvalue weighted by Gasteiger charge is 2.16. The van der Waals surface area contributed by atoms with Gasteiger partial charge in [-0.1, -0.05) is 18.2 Å². The van der Waals surface area contributed by atoms with E-state index in [0.717, 1.165) is 24.0 Å². The van der Waals surface area contributed by atoms with Crippen LogP contribution in [0, 0.1) is 0 Å². The maximum atomic E-state index is 9.26. The van der Waals surface area contributed by atoms with Crippen molar-refractivity contribution in [2.75, 3.05) is 6.61 Å². The Kier molecular flexibility index (Phi) is 2.85. The second-order valence-electron chi connectivity index (χ2n) is 2.91. The first-order valence-electron chi connectivity index (χ1n) is 3.90. The Morgan fingerprint density at radius 3 is 3.00 bits per heavy atom. The minimum absolute atomic E-state index is 0.0427. The molecule has 0 aromatic carbocycles. The van der Waals surface area contributed by atoms with Crippen LogP contribution in [0.25, 0.3) is 0 Å². The molecule has 2 N–H and O–H groups in total. The summed E-state index contributed by atoms with van der Waals surface area (Å²) in [5.74, 6) is 0. The molecule has 0 radical (unpaired) electrons. The Bertz CT molecular complexity index is 182. The van der Waals surface area contributed by atoms with Crippen molar-refractivity contribution in [1.82, 2.24) is 0 Å². The van der Waals surface area contributed by atoms with Crippen LogP contribution in [0.4, 0.5) is 0 Å². The molecule has 2 nitrogen and oxygen atoms in total. The summed E-state index contributed by atoms with van der Waals surface area (Å²) in [6, 6.07) is 0. The van der Waals surface area contributed by atoms with Gasteiger partial charge in [-0.05, 0) is 24.8 Å². The summed E-state index contributed by atoms with van der Waals surface area (Å²) >= 11 is 0. The number of hydrogen-bond acceptors (Lipinski definition) is 2. The average Bonchev–Trinajstić information content (AvgIpc) is 1.98. The van der Waals surface area contributed by atoms with Crippen molar-refractivity contribution < 1.29 is 10.2 Å². The first-order chi connectivity index (χ1) is 5.24. The van der Waals surface area contributed by atoms with Crippen LogP contribution in [0.3, 0.4) is 0 Å². The van der Waals surface area contributed by atoms with Crippen LogP contribution < -0.4 is 0 Å². The van der Waals surface area contributed by atoms with Crippen molar-refractivity contribution in [3.8, 4) is 0 Å². The van der Waals surface area contributed by atoms with Gasteiger partial charge in [0.15, 0.2) is 0 Å². The van der Waals surface area contributed by atoms with Gasteiger partial charge in [0.05, 0.1) is 12.7 Å². The van der Waals surface area contributed by atoms with Gasteiger partial charge >= 0.3 is 0 Å². The molecule has 0 spiro atoms. The van der Waals surface area contributed by atoms with E-state index < -0.39 is 0 Å². The second kappa shape index (κ2) is 3.69. The summed E-state index contributed by atoms with van der Waals surface area (Å²) < 4.78 is 0. The first kappa shape index (κ1) is 8.50. The summed E-state index contributed by atoms with van der Waals surface area (Å²) in [6.45, 7) is 3.90. The molecule has 1 fully saturated rings. The Hall–Kier alpha value is -0.600. The van der Waals surface area contributed by atoms with Crippen LogP contribution in [-0.2, 0) is 0 Å². The topological polar surface area (TPSA) is 40.5 Å². The van der Waals surface area contributed by atoms with Crippen LogP contribution in [0.5, 0.6) is 0 Å². The van der Waals surface area contributed by atoms with Gasteiger partial charge in [-0.25, -0.2) is 0 Å². The van der Waals surface area contributed by atoms with E-state index >= 15 is 0 Å². The van der Waals surface area contributed by atoms with E-state index in [4.69, 9.17) is 5.11 Å². The monoisotopic (exact) mass is 154 g/mol. The lowest BCUT2D eigenvalue weighted by Gasteiger charge is -2.21. The van der Waals surface area contributed by atoms with Gasteiger partial charge in [-0.3, -0.25) is 0 Å². The molecule has 0 saturated heterocycles. The second-order valence-corrected chi connectivity index (χ2v) is 2.91. The predicted octanol–water partition coefficient (Wildman–Crippen LogP) is 1.01.